The fraction of sp³-hybridized carbons (Fsp3) is 0.450. The molecule has 2 aromatic rings. The molecule has 2 amide bonds. The Morgan fingerprint density at radius 1 is 1.15 bits per heavy atom. The van der Waals surface area contributed by atoms with E-state index < -0.39 is 0 Å². The van der Waals surface area contributed by atoms with Crippen LogP contribution in [0.25, 0.3) is 0 Å². The zero-order valence-corrected chi connectivity index (χ0v) is 15.4. The normalized spacial score (nSPS) is 15.1. The Hall–Kier alpha value is -2.63. The highest BCUT2D eigenvalue weighted by molar-refractivity contribution is 5.94. The fourth-order valence-corrected chi connectivity index (χ4v) is 3.28. The van der Waals surface area contributed by atoms with E-state index in [9.17, 15) is 9.59 Å². The number of carbonyl (C=O) groups is 2. The SMILES string of the molecule is CCc1ccc(C(=O)N2CCC(CNC(=O)c3cnn(C)c3)CC2)cc1. The van der Waals surface area contributed by atoms with E-state index in [1.54, 1.807) is 24.1 Å². The van der Waals surface area contributed by atoms with Crippen LogP contribution < -0.4 is 5.32 Å². The average Bonchev–Trinajstić information content (AvgIpc) is 3.12. The molecule has 2 heterocycles. The summed E-state index contributed by atoms with van der Waals surface area (Å²) in [5.41, 5.74) is 2.57. The van der Waals surface area contributed by atoms with Crippen LogP contribution in [0.15, 0.2) is 36.7 Å². The van der Waals surface area contributed by atoms with Crippen LogP contribution in [0, 0.1) is 5.92 Å². The zero-order valence-electron chi connectivity index (χ0n) is 15.4. The molecule has 1 aromatic heterocycles. The second-order valence-electron chi connectivity index (χ2n) is 6.90. The van der Waals surface area contributed by atoms with Crippen LogP contribution in [-0.2, 0) is 13.5 Å². The van der Waals surface area contributed by atoms with Gasteiger partial charge in [0.25, 0.3) is 11.8 Å². The number of hydrogen-bond acceptors (Lipinski definition) is 3. The number of nitrogens with zero attached hydrogens (tertiary/aromatic N) is 3. The van der Waals surface area contributed by atoms with E-state index in [-0.39, 0.29) is 11.8 Å². The number of nitrogens with one attached hydrogen (secondary N) is 1. The molecule has 3 rings (SSSR count). The molecule has 0 unspecified atom stereocenters. The van der Waals surface area contributed by atoms with Gasteiger partial charge in [-0.15, -0.1) is 0 Å². The minimum Gasteiger partial charge on any atom is -0.352 e. The lowest BCUT2D eigenvalue weighted by molar-refractivity contribution is 0.0684. The lowest BCUT2D eigenvalue weighted by atomic mass is 9.96. The fourth-order valence-electron chi connectivity index (χ4n) is 3.28. The summed E-state index contributed by atoms with van der Waals surface area (Å²) in [7, 11) is 1.79. The van der Waals surface area contributed by atoms with E-state index in [2.05, 4.69) is 17.3 Å². The third-order valence-corrected chi connectivity index (χ3v) is 5.03. The second kappa shape index (κ2) is 8.17. The number of hydrogen-bond donors (Lipinski definition) is 1. The van der Waals surface area contributed by atoms with Crippen molar-refractivity contribution >= 4 is 11.8 Å². The summed E-state index contributed by atoms with van der Waals surface area (Å²) in [6, 6.07) is 7.88. The maximum atomic E-state index is 12.6. The lowest BCUT2D eigenvalue weighted by Gasteiger charge is -2.32. The summed E-state index contributed by atoms with van der Waals surface area (Å²) in [6.45, 7) is 4.22. The highest BCUT2D eigenvalue weighted by Crippen LogP contribution is 2.19. The minimum atomic E-state index is -0.0902. The van der Waals surface area contributed by atoms with Crippen molar-refractivity contribution in [2.24, 2.45) is 13.0 Å². The molecule has 1 aromatic carbocycles. The summed E-state index contributed by atoms with van der Waals surface area (Å²) >= 11 is 0. The third kappa shape index (κ3) is 4.31. The summed E-state index contributed by atoms with van der Waals surface area (Å²) in [5.74, 6) is 0.417. The van der Waals surface area contributed by atoms with Gasteiger partial charge in [0.2, 0.25) is 0 Å². The summed E-state index contributed by atoms with van der Waals surface area (Å²) in [4.78, 5) is 26.6. The summed E-state index contributed by atoms with van der Waals surface area (Å²) in [6.07, 6.45) is 6.07. The number of aromatic nitrogens is 2. The van der Waals surface area contributed by atoms with Crippen LogP contribution in [0.2, 0.25) is 0 Å². The number of benzene rings is 1. The van der Waals surface area contributed by atoms with E-state index in [1.165, 1.54) is 5.56 Å². The molecule has 138 valence electrons. The standard InChI is InChI=1S/C20H26N4O2/c1-3-15-4-6-17(7-5-15)20(26)24-10-8-16(9-11-24)12-21-19(25)18-13-22-23(2)14-18/h4-7,13-14,16H,3,8-12H2,1-2H3,(H,21,25). The molecule has 1 N–H and O–H groups in total. The number of amides is 2. The van der Waals surface area contributed by atoms with Crippen molar-refractivity contribution in [3.63, 3.8) is 0 Å². The van der Waals surface area contributed by atoms with Crippen molar-refractivity contribution < 1.29 is 9.59 Å². The Morgan fingerprint density at radius 3 is 2.42 bits per heavy atom. The van der Waals surface area contributed by atoms with E-state index in [1.807, 2.05) is 29.2 Å². The van der Waals surface area contributed by atoms with Crippen LogP contribution in [0.4, 0.5) is 0 Å². The van der Waals surface area contributed by atoms with Crippen LogP contribution in [-0.4, -0.2) is 46.1 Å². The first kappa shape index (κ1) is 18.2. The summed E-state index contributed by atoms with van der Waals surface area (Å²) in [5, 5.41) is 6.99. The predicted molar refractivity (Wildman–Crippen MR) is 100.0 cm³/mol. The Balaban J connectivity index is 1.46. The number of rotatable bonds is 5. The molecule has 0 radical (unpaired) electrons. The first-order valence-corrected chi connectivity index (χ1v) is 9.22. The molecule has 1 fully saturated rings. The molecule has 1 aliphatic rings. The Labute approximate surface area is 154 Å². The zero-order chi connectivity index (χ0) is 18.5. The highest BCUT2D eigenvalue weighted by atomic mass is 16.2. The quantitative estimate of drug-likeness (QED) is 0.896. The van der Waals surface area contributed by atoms with Crippen molar-refractivity contribution in [2.75, 3.05) is 19.6 Å². The molecule has 6 heteroatoms. The Morgan fingerprint density at radius 2 is 1.85 bits per heavy atom. The number of likely N-dealkylation sites (tertiary alicyclic amines) is 1. The molecular formula is C20H26N4O2. The van der Waals surface area contributed by atoms with Crippen molar-refractivity contribution in [1.29, 1.82) is 0 Å². The predicted octanol–water partition coefficient (Wildman–Crippen LogP) is 2.26. The van der Waals surface area contributed by atoms with Crippen LogP contribution >= 0.6 is 0 Å². The largest absolute Gasteiger partial charge is 0.352 e. The molecular weight excluding hydrogens is 328 g/mol. The third-order valence-electron chi connectivity index (χ3n) is 5.03. The molecule has 0 bridgehead atoms. The Bertz CT molecular complexity index is 758. The smallest absolute Gasteiger partial charge is 0.254 e. The van der Waals surface area contributed by atoms with Gasteiger partial charge in [0.1, 0.15) is 0 Å². The monoisotopic (exact) mass is 354 g/mol. The first-order valence-electron chi connectivity index (χ1n) is 9.22. The van der Waals surface area contributed by atoms with Gasteiger partial charge >= 0.3 is 0 Å². The molecule has 6 nitrogen and oxygen atoms in total. The van der Waals surface area contributed by atoms with Gasteiger partial charge in [-0.2, -0.15) is 5.10 Å². The van der Waals surface area contributed by atoms with Gasteiger partial charge in [-0.05, 0) is 42.9 Å². The van der Waals surface area contributed by atoms with Gasteiger partial charge in [-0.25, -0.2) is 0 Å². The van der Waals surface area contributed by atoms with E-state index >= 15 is 0 Å². The van der Waals surface area contributed by atoms with E-state index in [4.69, 9.17) is 0 Å². The minimum absolute atomic E-state index is 0.0902. The molecule has 0 aliphatic carbocycles. The number of aryl methyl sites for hydroxylation is 2. The van der Waals surface area contributed by atoms with Gasteiger partial charge in [0.05, 0.1) is 11.8 Å². The maximum Gasteiger partial charge on any atom is 0.254 e. The molecule has 1 saturated heterocycles. The van der Waals surface area contributed by atoms with Gasteiger partial charge in [0, 0.05) is 38.4 Å². The molecule has 0 saturated carbocycles. The van der Waals surface area contributed by atoms with Crippen LogP contribution in [0.3, 0.4) is 0 Å². The van der Waals surface area contributed by atoms with E-state index in [0.717, 1.165) is 37.9 Å². The number of carbonyl (C=O) groups excluding carboxylic acids is 2. The molecule has 1 aliphatic heterocycles. The molecule has 0 spiro atoms. The van der Waals surface area contributed by atoms with Crippen molar-refractivity contribution in [3.8, 4) is 0 Å². The van der Waals surface area contributed by atoms with E-state index in [0.29, 0.717) is 18.0 Å². The number of piperidine rings is 1. The molecule has 0 atom stereocenters. The van der Waals surface area contributed by atoms with Gasteiger partial charge in [-0.1, -0.05) is 19.1 Å². The van der Waals surface area contributed by atoms with Gasteiger partial charge < -0.3 is 10.2 Å². The second-order valence-corrected chi connectivity index (χ2v) is 6.90. The average molecular weight is 354 g/mol. The van der Waals surface area contributed by atoms with Crippen LogP contribution in [0.1, 0.15) is 46.0 Å². The summed E-state index contributed by atoms with van der Waals surface area (Å²) < 4.78 is 1.62. The van der Waals surface area contributed by atoms with Gasteiger partial charge in [-0.3, -0.25) is 14.3 Å². The highest BCUT2D eigenvalue weighted by Gasteiger charge is 2.24. The van der Waals surface area contributed by atoms with Crippen molar-refractivity contribution in [3.05, 3.63) is 53.3 Å². The van der Waals surface area contributed by atoms with Crippen molar-refractivity contribution in [2.45, 2.75) is 26.2 Å². The lowest BCUT2D eigenvalue weighted by Crippen LogP contribution is -2.41. The topological polar surface area (TPSA) is 67.2 Å². The van der Waals surface area contributed by atoms with Gasteiger partial charge in [0.15, 0.2) is 0 Å². The Kier molecular flexibility index (Phi) is 5.71. The maximum absolute atomic E-state index is 12.6. The van der Waals surface area contributed by atoms with Crippen molar-refractivity contribution in [1.82, 2.24) is 20.0 Å². The van der Waals surface area contributed by atoms with Crippen LogP contribution in [0.5, 0.6) is 0 Å². The first-order chi connectivity index (χ1) is 12.6. The molecule has 26 heavy (non-hydrogen) atoms.